The van der Waals surface area contributed by atoms with E-state index in [1.165, 1.54) is 12.3 Å². The molecule has 146 valence electrons. The molecule has 0 radical (unpaired) electrons. The number of nitrogens with zero attached hydrogens (tertiary/aromatic N) is 3. The van der Waals surface area contributed by atoms with Crippen LogP contribution in [0.2, 0.25) is 0 Å². The van der Waals surface area contributed by atoms with Crippen molar-refractivity contribution < 1.29 is 17.9 Å². The zero-order valence-electron chi connectivity index (χ0n) is 14.3. The summed E-state index contributed by atoms with van der Waals surface area (Å²) in [6.45, 7) is 2.27. The van der Waals surface area contributed by atoms with Crippen LogP contribution in [0.4, 0.5) is 24.7 Å². The Kier molecular flexibility index (Phi) is 7.66. The Bertz CT molecular complexity index is 815. The Hall–Kier alpha value is -2.08. The van der Waals surface area contributed by atoms with E-state index in [-0.39, 0.29) is 48.0 Å². The third-order valence-corrected chi connectivity index (χ3v) is 3.81. The molecule has 0 unspecified atom stereocenters. The van der Waals surface area contributed by atoms with Crippen molar-refractivity contribution in [2.45, 2.75) is 6.54 Å². The summed E-state index contributed by atoms with van der Waals surface area (Å²) in [5, 5.41) is 2.48. The van der Waals surface area contributed by atoms with Gasteiger partial charge in [-0.05, 0) is 23.8 Å². The maximum atomic E-state index is 14.3. The van der Waals surface area contributed by atoms with Crippen LogP contribution in [0.1, 0.15) is 5.56 Å². The summed E-state index contributed by atoms with van der Waals surface area (Å²) in [5.41, 5.74) is 6.05. The SMILES string of the molecule is I.NC(=NCc1cnc(N2CCOCC2)c(F)c1)Nc1cc(F)ccc1F. The van der Waals surface area contributed by atoms with Crippen LogP contribution in [0.25, 0.3) is 0 Å². The fraction of sp³-hybridized carbons (Fsp3) is 0.294. The zero-order valence-corrected chi connectivity index (χ0v) is 16.6. The van der Waals surface area contributed by atoms with Gasteiger partial charge in [-0.3, -0.25) is 0 Å². The minimum atomic E-state index is -0.660. The number of aliphatic imine (C=N–C) groups is 1. The monoisotopic (exact) mass is 493 g/mol. The van der Waals surface area contributed by atoms with E-state index < -0.39 is 17.5 Å². The first-order chi connectivity index (χ1) is 12.5. The smallest absolute Gasteiger partial charge is 0.193 e. The second-order valence-corrected chi connectivity index (χ2v) is 5.70. The first-order valence-corrected chi connectivity index (χ1v) is 8.02. The Labute approximate surface area is 171 Å². The minimum Gasteiger partial charge on any atom is -0.378 e. The van der Waals surface area contributed by atoms with Crippen LogP contribution in [-0.2, 0) is 11.3 Å². The number of ether oxygens (including phenoxy) is 1. The van der Waals surface area contributed by atoms with Crippen molar-refractivity contribution in [1.29, 1.82) is 0 Å². The van der Waals surface area contributed by atoms with Gasteiger partial charge in [0.25, 0.3) is 0 Å². The predicted octanol–water partition coefficient (Wildman–Crippen LogP) is 2.88. The number of benzene rings is 1. The molecule has 0 amide bonds. The van der Waals surface area contributed by atoms with Crippen molar-refractivity contribution in [2.75, 3.05) is 36.5 Å². The van der Waals surface area contributed by atoms with Crippen molar-refractivity contribution in [3.8, 4) is 0 Å². The summed E-state index contributed by atoms with van der Waals surface area (Å²) in [6, 6.07) is 4.28. The molecule has 27 heavy (non-hydrogen) atoms. The lowest BCUT2D eigenvalue weighted by atomic mass is 10.2. The molecule has 1 fully saturated rings. The second kappa shape index (κ2) is 9.74. The highest BCUT2D eigenvalue weighted by Crippen LogP contribution is 2.19. The number of nitrogens with one attached hydrogen (secondary N) is 1. The van der Waals surface area contributed by atoms with Crippen LogP contribution < -0.4 is 16.0 Å². The average molecular weight is 493 g/mol. The number of rotatable bonds is 4. The fourth-order valence-corrected chi connectivity index (χ4v) is 2.51. The summed E-state index contributed by atoms with van der Waals surface area (Å²) in [6.07, 6.45) is 1.51. The minimum absolute atomic E-state index is 0. The average Bonchev–Trinajstić information content (AvgIpc) is 2.64. The molecule has 0 spiro atoms. The first-order valence-electron chi connectivity index (χ1n) is 8.02. The van der Waals surface area contributed by atoms with Gasteiger partial charge in [-0.2, -0.15) is 0 Å². The third-order valence-electron chi connectivity index (χ3n) is 3.81. The second-order valence-electron chi connectivity index (χ2n) is 5.70. The lowest BCUT2D eigenvalue weighted by Gasteiger charge is -2.28. The number of hydrogen-bond donors (Lipinski definition) is 2. The molecule has 3 rings (SSSR count). The molecule has 0 aliphatic carbocycles. The van der Waals surface area contributed by atoms with Gasteiger partial charge in [0.2, 0.25) is 0 Å². The lowest BCUT2D eigenvalue weighted by Crippen LogP contribution is -2.37. The van der Waals surface area contributed by atoms with Gasteiger partial charge >= 0.3 is 0 Å². The van der Waals surface area contributed by atoms with Crippen LogP contribution in [0.3, 0.4) is 0 Å². The van der Waals surface area contributed by atoms with Gasteiger partial charge in [0.1, 0.15) is 11.6 Å². The molecule has 1 aromatic heterocycles. The van der Waals surface area contributed by atoms with Gasteiger partial charge in [0.05, 0.1) is 25.4 Å². The van der Waals surface area contributed by atoms with E-state index in [9.17, 15) is 13.2 Å². The van der Waals surface area contributed by atoms with E-state index in [1.54, 1.807) is 0 Å². The Balaban J connectivity index is 0.00000261. The Morgan fingerprint density at radius 2 is 1.93 bits per heavy atom. The van der Waals surface area contributed by atoms with E-state index in [1.807, 2.05) is 4.90 Å². The molecule has 1 saturated heterocycles. The largest absolute Gasteiger partial charge is 0.378 e. The van der Waals surface area contributed by atoms with E-state index >= 15 is 0 Å². The number of halogens is 4. The molecular weight excluding hydrogens is 474 g/mol. The first kappa shape index (κ1) is 21.2. The maximum absolute atomic E-state index is 14.3. The van der Waals surface area contributed by atoms with Crippen LogP contribution >= 0.6 is 24.0 Å². The molecule has 2 aromatic rings. The van der Waals surface area contributed by atoms with Crippen LogP contribution in [-0.4, -0.2) is 37.2 Å². The molecule has 6 nitrogen and oxygen atoms in total. The summed E-state index contributed by atoms with van der Waals surface area (Å²) >= 11 is 0. The van der Waals surface area contributed by atoms with E-state index in [4.69, 9.17) is 10.5 Å². The quantitative estimate of drug-likeness (QED) is 0.390. The van der Waals surface area contributed by atoms with Crippen molar-refractivity contribution in [3.05, 3.63) is 53.5 Å². The highest BCUT2D eigenvalue weighted by molar-refractivity contribution is 14.0. The summed E-state index contributed by atoms with van der Waals surface area (Å²) < 4.78 is 46.2. The molecule has 0 saturated carbocycles. The predicted molar refractivity (Wildman–Crippen MR) is 108 cm³/mol. The van der Waals surface area contributed by atoms with Crippen LogP contribution in [0.5, 0.6) is 0 Å². The Morgan fingerprint density at radius 1 is 1.19 bits per heavy atom. The van der Waals surface area contributed by atoms with Crippen molar-refractivity contribution in [3.63, 3.8) is 0 Å². The molecule has 1 aliphatic rings. The lowest BCUT2D eigenvalue weighted by molar-refractivity contribution is 0.122. The number of guanidine groups is 1. The van der Waals surface area contributed by atoms with Gasteiger partial charge in [-0.1, -0.05) is 0 Å². The summed E-state index contributed by atoms with van der Waals surface area (Å²) in [5.74, 6) is -1.57. The maximum Gasteiger partial charge on any atom is 0.193 e. The third kappa shape index (κ3) is 5.70. The molecule has 0 atom stereocenters. The molecule has 1 aromatic carbocycles. The van der Waals surface area contributed by atoms with Crippen molar-refractivity contribution >= 4 is 41.4 Å². The van der Waals surface area contributed by atoms with Crippen LogP contribution in [0, 0.1) is 17.5 Å². The van der Waals surface area contributed by atoms with Crippen molar-refractivity contribution in [1.82, 2.24) is 4.98 Å². The standard InChI is InChI=1S/C17H18F3N5O.HI/c18-12-1-2-13(19)15(8-12)24-17(21)23-10-11-7-14(20)16(22-9-11)25-3-5-26-6-4-25;/h1-2,7-9H,3-6,10H2,(H3,21,23,24);1H. The zero-order chi connectivity index (χ0) is 18.5. The molecule has 0 bridgehead atoms. The number of aromatic nitrogens is 1. The van der Waals surface area contributed by atoms with E-state index in [2.05, 4.69) is 15.3 Å². The highest BCUT2D eigenvalue weighted by Gasteiger charge is 2.16. The number of hydrogen-bond acceptors (Lipinski definition) is 4. The molecule has 1 aliphatic heterocycles. The van der Waals surface area contributed by atoms with Crippen LogP contribution in [0.15, 0.2) is 35.5 Å². The Morgan fingerprint density at radius 3 is 2.63 bits per heavy atom. The van der Waals surface area contributed by atoms with Gasteiger partial charge in [0.15, 0.2) is 17.6 Å². The fourth-order valence-electron chi connectivity index (χ4n) is 2.51. The number of anilines is 2. The van der Waals surface area contributed by atoms with Gasteiger partial charge in [-0.15, -0.1) is 24.0 Å². The van der Waals surface area contributed by atoms with Gasteiger partial charge in [0, 0.05) is 25.4 Å². The van der Waals surface area contributed by atoms with Gasteiger partial charge < -0.3 is 20.7 Å². The highest BCUT2D eigenvalue weighted by atomic mass is 127. The molecule has 2 heterocycles. The van der Waals surface area contributed by atoms with Gasteiger partial charge in [-0.25, -0.2) is 23.1 Å². The summed E-state index contributed by atoms with van der Waals surface area (Å²) in [4.78, 5) is 9.96. The molecular formula is C17H19F3IN5O. The van der Waals surface area contributed by atoms with Crippen molar-refractivity contribution in [2.24, 2.45) is 10.7 Å². The molecule has 3 N–H and O–H groups in total. The normalized spacial score (nSPS) is 14.6. The summed E-state index contributed by atoms with van der Waals surface area (Å²) in [7, 11) is 0. The number of morpholine rings is 1. The van der Waals surface area contributed by atoms with E-state index in [0.29, 0.717) is 31.9 Å². The van der Waals surface area contributed by atoms with E-state index in [0.717, 1.165) is 18.2 Å². The number of nitrogens with two attached hydrogens (primary N) is 1. The molecule has 10 heteroatoms. The number of pyridine rings is 1. The topological polar surface area (TPSA) is 75.8 Å².